The van der Waals surface area contributed by atoms with Crippen LogP contribution in [0.2, 0.25) is 0 Å². The standard InChI is InChI=1S/C26H38O3/c1-4-26(27)15-12-22-20-9-8-18-17-19(29-23-7-5-6-16-28-23)10-13-24(18,2)21(20)11-14-25(22,26)3/h1,8,19-23,27H,5-7,9-17H2,2-3H3. The van der Waals surface area contributed by atoms with Gasteiger partial charge in [-0.1, -0.05) is 31.4 Å². The van der Waals surface area contributed by atoms with Crippen molar-refractivity contribution in [3.63, 3.8) is 0 Å². The molecule has 0 aromatic carbocycles. The highest BCUT2D eigenvalue weighted by Crippen LogP contribution is 2.67. The van der Waals surface area contributed by atoms with Crippen molar-refractivity contribution in [2.45, 2.75) is 102 Å². The van der Waals surface area contributed by atoms with Gasteiger partial charge >= 0.3 is 0 Å². The molecule has 1 heterocycles. The summed E-state index contributed by atoms with van der Waals surface area (Å²) in [6.07, 6.45) is 20.9. The molecule has 3 heteroatoms. The predicted octanol–water partition coefficient (Wildman–Crippen LogP) is 5.23. The Bertz CT molecular complexity index is 716. The molecule has 0 aromatic heterocycles. The van der Waals surface area contributed by atoms with Gasteiger partial charge in [0.2, 0.25) is 0 Å². The summed E-state index contributed by atoms with van der Waals surface area (Å²) in [7, 11) is 0. The summed E-state index contributed by atoms with van der Waals surface area (Å²) >= 11 is 0. The largest absolute Gasteiger partial charge is 0.377 e. The molecule has 4 fully saturated rings. The van der Waals surface area contributed by atoms with E-state index in [4.69, 9.17) is 15.9 Å². The normalized spacial score (nSPS) is 51.9. The summed E-state index contributed by atoms with van der Waals surface area (Å²) in [6.45, 7) is 5.65. The van der Waals surface area contributed by atoms with Crippen molar-refractivity contribution in [1.82, 2.24) is 0 Å². The number of rotatable bonds is 2. The minimum absolute atomic E-state index is 0.0189. The summed E-state index contributed by atoms with van der Waals surface area (Å²) in [5.74, 6) is 4.75. The van der Waals surface area contributed by atoms with Gasteiger partial charge in [0.05, 0.1) is 6.10 Å². The van der Waals surface area contributed by atoms with Crippen LogP contribution in [0.25, 0.3) is 0 Å². The molecule has 8 atom stereocenters. The number of aliphatic hydroxyl groups is 1. The third-order valence-electron chi connectivity index (χ3n) is 9.93. The molecule has 1 saturated heterocycles. The molecule has 5 rings (SSSR count). The van der Waals surface area contributed by atoms with Gasteiger partial charge in [0.25, 0.3) is 0 Å². The Balaban J connectivity index is 1.33. The molecule has 3 nitrogen and oxygen atoms in total. The lowest BCUT2D eigenvalue weighted by atomic mass is 9.47. The quantitative estimate of drug-likeness (QED) is 0.512. The molecule has 3 saturated carbocycles. The molecule has 1 aliphatic heterocycles. The molecule has 5 aliphatic rings. The first-order chi connectivity index (χ1) is 13.9. The van der Waals surface area contributed by atoms with Crippen LogP contribution in [0.15, 0.2) is 11.6 Å². The fraction of sp³-hybridized carbons (Fsp3) is 0.846. The SMILES string of the molecule is C#CC1(O)CCC2C3CC=C4CC(OC5CCCCO5)CCC4(C)C3CCC21C. The molecular formula is C26H38O3. The van der Waals surface area contributed by atoms with Crippen LogP contribution < -0.4 is 0 Å². The van der Waals surface area contributed by atoms with E-state index in [1.54, 1.807) is 5.57 Å². The van der Waals surface area contributed by atoms with E-state index in [0.717, 1.165) is 57.5 Å². The second-order valence-corrected chi connectivity index (χ2v) is 11.1. The van der Waals surface area contributed by atoms with Crippen molar-refractivity contribution in [3.8, 4) is 12.3 Å². The van der Waals surface area contributed by atoms with E-state index in [2.05, 4.69) is 25.8 Å². The molecule has 0 amide bonds. The van der Waals surface area contributed by atoms with E-state index in [0.29, 0.717) is 23.4 Å². The Labute approximate surface area is 176 Å². The maximum absolute atomic E-state index is 11.2. The lowest BCUT2D eigenvalue weighted by Gasteiger charge is -2.58. The fourth-order valence-electron chi connectivity index (χ4n) is 8.03. The maximum atomic E-state index is 11.2. The summed E-state index contributed by atoms with van der Waals surface area (Å²) < 4.78 is 12.2. The third-order valence-corrected chi connectivity index (χ3v) is 9.93. The molecule has 160 valence electrons. The summed E-state index contributed by atoms with van der Waals surface area (Å²) in [5.41, 5.74) is 0.927. The van der Waals surface area contributed by atoms with Crippen molar-refractivity contribution in [2.24, 2.45) is 28.6 Å². The van der Waals surface area contributed by atoms with Crippen LogP contribution in [0.4, 0.5) is 0 Å². The summed E-state index contributed by atoms with van der Waals surface area (Å²) in [6, 6.07) is 0. The minimum atomic E-state index is -0.904. The van der Waals surface area contributed by atoms with Crippen LogP contribution in [-0.4, -0.2) is 29.7 Å². The van der Waals surface area contributed by atoms with Crippen LogP contribution in [0.5, 0.6) is 0 Å². The summed E-state index contributed by atoms with van der Waals surface area (Å²) in [4.78, 5) is 0. The number of hydrogen-bond acceptors (Lipinski definition) is 3. The van der Waals surface area contributed by atoms with Gasteiger partial charge < -0.3 is 14.6 Å². The first-order valence-electron chi connectivity index (χ1n) is 12.1. The van der Waals surface area contributed by atoms with Crippen molar-refractivity contribution in [3.05, 3.63) is 11.6 Å². The van der Waals surface area contributed by atoms with Crippen LogP contribution in [0.3, 0.4) is 0 Å². The van der Waals surface area contributed by atoms with E-state index in [1.807, 2.05) is 0 Å². The lowest BCUT2D eigenvalue weighted by molar-refractivity contribution is -0.195. The Hall–Kier alpha value is -0.820. The molecule has 29 heavy (non-hydrogen) atoms. The minimum Gasteiger partial charge on any atom is -0.377 e. The van der Waals surface area contributed by atoms with Crippen LogP contribution in [0.1, 0.15) is 84.5 Å². The Kier molecular flexibility index (Phi) is 4.93. The van der Waals surface area contributed by atoms with Crippen LogP contribution in [-0.2, 0) is 9.47 Å². The Morgan fingerprint density at radius 1 is 1.10 bits per heavy atom. The maximum Gasteiger partial charge on any atom is 0.157 e. The monoisotopic (exact) mass is 398 g/mol. The van der Waals surface area contributed by atoms with Gasteiger partial charge in [-0.05, 0) is 93.8 Å². The first kappa shape index (κ1) is 20.1. The van der Waals surface area contributed by atoms with E-state index in [9.17, 15) is 5.11 Å². The van der Waals surface area contributed by atoms with Crippen LogP contribution >= 0.6 is 0 Å². The average molecular weight is 399 g/mol. The van der Waals surface area contributed by atoms with Gasteiger partial charge in [-0.3, -0.25) is 0 Å². The van der Waals surface area contributed by atoms with Crippen molar-refractivity contribution in [1.29, 1.82) is 0 Å². The molecule has 8 unspecified atom stereocenters. The van der Waals surface area contributed by atoms with Gasteiger partial charge in [-0.15, -0.1) is 6.42 Å². The highest BCUT2D eigenvalue weighted by Gasteiger charge is 2.63. The second-order valence-electron chi connectivity index (χ2n) is 11.1. The molecule has 0 bridgehead atoms. The van der Waals surface area contributed by atoms with Gasteiger partial charge in [0.1, 0.15) is 5.60 Å². The zero-order valence-electron chi connectivity index (χ0n) is 18.3. The van der Waals surface area contributed by atoms with Gasteiger partial charge in [-0.25, -0.2) is 0 Å². The second kappa shape index (κ2) is 7.11. The van der Waals surface area contributed by atoms with E-state index in [1.165, 1.54) is 25.7 Å². The topological polar surface area (TPSA) is 38.7 Å². The molecule has 4 aliphatic carbocycles. The first-order valence-corrected chi connectivity index (χ1v) is 12.1. The Morgan fingerprint density at radius 3 is 2.69 bits per heavy atom. The lowest BCUT2D eigenvalue weighted by Crippen LogP contribution is -2.54. The highest BCUT2D eigenvalue weighted by molar-refractivity contribution is 5.28. The smallest absolute Gasteiger partial charge is 0.157 e. The van der Waals surface area contributed by atoms with Gasteiger partial charge in [-0.2, -0.15) is 0 Å². The molecule has 0 spiro atoms. The van der Waals surface area contributed by atoms with E-state index >= 15 is 0 Å². The number of ether oxygens (including phenoxy) is 2. The molecule has 0 aromatic rings. The zero-order chi connectivity index (χ0) is 20.3. The predicted molar refractivity (Wildman–Crippen MR) is 114 cm³/mol. The average Bonchev–Trinajstić information content (AvgIpc) is 3.01. The molecule has 0 radical (unpaired) electrons. The van der Waals surface area contributed by atoms with Gasteiger partial charge in [0.15, 0.2) is 6.29 Å². The fourth-order valence-corrected chi connectivity index (χ4v) is 8.03. The summed E-state index contributed by atoms with van der Waals surface area (Å²) in [5, 5.41) is 11.2. The van der Waals surface area contributed by atoms with Crippen LogP contribution in [0, 0.1) is 40.9 Å². The van der Waals surface area contributed by atoms with E-state index < -0.39 is 5.60 Å². The number of terminal acetylenes is 1. The molecular weight excluding hydrogens is 360 g/mol. The number of allylic oxidation sites excluding steroid dienone is 1. The van der Waals surface area contributed by atoms with Crippen molar-refractivity contribution >= 4 is 0 Å². The van der Waals surface area contributed by atoms with Gasteiger partial charge in [0, 0.05) is 12.0 Å². The third kappa shape index (κ3) is 2.97. The number of hydrogen-bond donors (Lipinski definition) is 1. The highest BCUT2D eigenvalue weighted by atomic mass is 16.7. The van der Waals surface area contributed by atoms with Crippen molar-refractivity contribution < 1.29 is 14.6 Å². The number of fused-ring (bicyclic) bond motifs is 5. The van der Waals surface area contributed by atoms with Crippen molar-refractivity contribution in [2.75, 3.05) is 6.61 Å². The zero-order valence-corrected chi connectivity index (χ0v) is 18.3. The molecule has 1 N–H and O–H groups in total. The Morgan fingerprint density at radius 2 is 1.93 bits per heavy atom. The van der Waals surface area contributed by atoms with E-state index in [-0.39, 0.29) is 11.7 Å².